The van der Waals surface area contributed by atoms with Gasteiger partial charge >= 0.3 is 5.69 Å². The summed E-state index contributed by atoms with van der Waals surface area (Å²) in [6, 6.07) is 7.08. The van der Waals surface area contributed by atoms with E-state index < -0.39 is 0 Å². The minimum Gasteiger partial charge on any atom is -0.385 e. The Bertz CT molecular complexity index is 798. The zero-order chi connectivity index (χ0) is 18.9. The van der Waals surface area contributed by atoms with Crippen molar-refractivity contribution in [3.05, 3.63) is 45.9 Å². The number of ether oxygens (including phenoxy) is 1. The maximum absolute atomic E-state index is 12.3. The van der Waals surface area contributed by atoms with Crippen molar-refractivity contribution in [2.75, 3.05) is 19.5 Å². The van der Waals surface area contributed by atoms with Gasteiger partial charge in [0.15, 0.2) is 10.9 Å². The lowest BCUT2D eigenvalue weighted by Gasteiger charge is -2.06. The van der Waals surface area contributed by atoms with E-state index >= 15 is 0 Å². The SMILES string of the molecule is COCCCn1c(SCC(=O)c2ccc(CNC(C)=O)cc2)n[nH]c1=O. The first-order valence-corrected chi connectivity index (χ1v) is 9.13. The molecule has 0 spiro atoms. The van der Waals surface area contributed by atoms with Crippen LogP contribution in [0, 0.1) is 0 Å². The van der Waals surface area contributed by atoms with E-state index in [0.717, 1.165) is 5.56 Å². The van der Waals surface area contributed by atoms with Crippen molar-refractivity contribution in [2.45, 2.75) is 31.6 Å². The Morgan fingerprint density at radius 3 is 2.69 bits per heavy atom. The van der Waals surface area contributed by atoms with Gasteiger partial charge in [0.05, 0.1) is 5.75 Å². The van der Waals surface area contributed by atoms with Crippen molar-refractivity contribution in [3.63, 3.8) is 0 Å². The second kappa shape index (κ2) is 9.93. The standard InChI is InChI=1S/C17H22N4O4S/c1-12(22)18-10-13-4-6-14(7-5-13)15(23)11-26-17-20-19-16(24)21(17)8-3-9-25-2/h4-7H,3,8-11H2,1-2H3,(H,18,22)(H,19,24). The molecule has 2 rings (SSSR count). The Morgan fingerprint density at radius 2 is 2.04 bits per heavy atom. The second-order valence-electron chi connectivity index (χ2n) is 5.63. The Labute approximate surface area is 155 Å². The van der Waals surface area contributed by atoms with Gasteiger partial charge in [0.1, 0.15) is 0 Å². The number of hydrogen-bond acceptors (Lipinski definition) is 6. The average Bonchev–Trinajstić information content (AvgIpc) is 2.98. The Kier molecular flexibility index (Phi) is 7.61. The van der Waals surface area contributed by atoms with Crippen molar-refractivity contribution in [2.24, 2.45) is 0 Å². The van der Waals surface area contributed by atoms with Crippen molar-refractivity contribution < 1.29 is 14.3 Å². The highest BCUT2D eigenvalue weighted by Crippen LogP contribution is 2.16. The fraction of sp³-hybridized carbons (Fsp3) is 0.412. The van der Waals surface area contributed by atoms with Crippen LogP contribution in [0.1, 0.15) is 29.3 Å². The van der Waals surface area contributed by atoms with Gasteiger partial charge in [0.25, 0.3) is 0 Å². The first-order valence-electron chi connectivity index (χ1n) is 8.14. The fourth-order valence-electron chi connectivity index (χ4n) is 2.23. The molecular formula is C17H22N4O4S. The summed E-state index contributed by atoms with van der Waals surface area (Å²) in [5.41, 5.74) is 1.20. The number of methoxy groups -OCH3 is 1. The molecule has 2 N–H and O–H groups in total. The summed E-state index contributed by atoms with van der Waals surface area (Å²) >= 11 is 1.22. The first-order chi connectivity index (χ1) is 12.5. The van der Waals surface area contributed by atoms with Gasteiger partial charge in [-0.05, 0) is 12.0 Å². The molecule has 0 aliphatic rings. The number of aromatic amines is 1. The zero-order valence-electron chi connectivity index (χ0n) is 14.8. The molecule has 0 radical (unpaired) electrons. The van der Waals surface area contributed by atoms with E-state index in [2.05, 4.69) is 15.5 Å². The molecule has 2 aromatic rings. The Morgan fingerprint density at radius 1 is 1.31 bits per heavy atom. The number of H-pyrrole nitrogens is 1. The predicted octanol–water partition coefficient (Wildman–Crippen LogP) is 1.22. The van der Waals surface area contributed by atoms with Gasteiger partial charge in [-0.25, -0.2) is 9.89 Å². The molecule has 0 fully saturated rings. The zero-order valence-corrected chi connectivity index (χ0v) is 15.6. The van der Waals surface area contributed by atoms with Crippen LogP contribution in [-0.2, 0) is 22.6 Å². The van der Waals surface area contributed by atoms with Gasteiger partial charge in [-0.1, -0.05) is 36.0 Å². The topological polar surface area (TPSA) is 106 Å². The molecule has 1 aromatic heterocycles. The summed E-state index contributed by atoms with van der Waals surface area (Å²) < 4.78 is 6.49. The minimum atomic E-state index is -0.293. The number of nitrogens with zero attached hydrogens (tertiary/aromatic N) is 2. The number of hydrogen-bond donors (Lipinski definition) is 2. The monoisotopic (exact) mass is 378 g/mol. The first kappa shape index (κ1) is 19.9. The third kappa shape index (κ3) is 5.85. The molecule has 8 nitrogen and oxygen atoms in total. The number of carbonyl (C=O) groups excluding carboxylic acids is 2. The van der Waals surface area contributed by atoms with E-state index in [1.807, 2.05) is 12.1 Å². The molecule has 0 aliphatic heterocycles. The normalized spacial score (nSPS) is 10.7. The maximum atomic E-state index is 12.3. The summed E-state index contributed by atoms with van der Waals surface area (Å²) in [5.74, 6) is 0.0247. The number of nitrogens with one attached hydrogen (secondary N) is 2. The molecule has 9 heteroatoms. The molecule has 0 saturated heterocycles. The Balaban J connectivity index is 1.92. The fourth-order valence-corrected chi connectivity index (χ4v) is 3.09. The lowest BCUT2D eigenvalue weighted by Crippen LogP contribution is -2.19. The third-order valence-electron chi connectivity index (χ3n) is 3.60. The molecule has 0 aliphatic carbocycles. The molecule has 1 amide bonds. The highest BCUT2D eigenvalue weighted by atomic mass is 32.2. The summed E-state index contributed by atoms with van der Waals surface area (Å²) in [5, 5.41) is 9.57. The summed E-state index contributed by atoms with van der Waals surface area (Å²) in [6.45, 7) is 2.92. The third-order valence-corrected chi connectivity index (χ3v) is 4.58. The van der Waals surface area contributed by atoms with Crippen molar-refractivity contribution >= 4 is 23.5 Å². The lowest BCUT2D eigenvalue weighted by molar-refractivity contribution is -0.119. The Hall–Kier alpha value is -2.39. The van der Waals surface area contributed by atoms with Crippen LogP contribution >= 0.6 is 11.8 Å². The number of ketones is 1. The summed E-state index contributed by atoms with van der Waals surface area (Å²) in [6.07, 6.45) is 0.688. The van der Waals surface area contributed by atoms with Crippen LogP contribution in [0.25, 0.3) is 0 Å². The van der Waals surface area contributed by atoms with Gasteiger partial charge in [0.2, 0.25) is 5.91 Å². The number of amides is 1. The van der Waals surface area contributed by atoms with Crippen molar-refractivity contribution in [1.82, 2.24) is 20.1 Å². The predicted molar refractivity (Wildman–Crippen MR) is 98.4 cm³/mol. The van der Waals surface area contributed by atoms with Crippen molar-refractivity contribution in [3.8, 4) is 0 Å². The summed E-state index contributed by atoms with van der Waals surface area (Å²) in [4.78, 5) is 35.0. The molecule has 0 unspecified atom stereocenters. The smallest absolute Gasteiger partial charge is 0.343 e. The molecule has 0 saturated carbocycles. The molecule has 0 bridgehead atoms. The van der Waals surface area contributed by atoms with Crippen LogP contribution in [0.15, 0.2) is 34.2 Å². The molecule has 140 valence electrons. The number of rotatable bonds is 10. The second-order valence-corrected chi connectivity index (χ2v) is 6.57. The van der Waals surface area contributed by atoms with Gasteiger partial charge < -0.3 is 10.1 Å². The van der Waals surface area contributed by atoms with Crippen LogP contribution in [0.3, 0.4) is 0 Å². The summed E-state index contributed by atoms with van der Waals surface area (Å²) in [7, 11) is 1.61. The average molecular weight is 378 g/mol. The van der Waals surface area contributed by atoms with Crippen LogP contribution in [0.2, 0.25) is 0 Å². The van der Waals surface area contributed by atoms with E-state index in [1.54, 1.807) is 19.2 Å². The van der Waals surface area contributed by atoms with E-state index in [-0.39, 0.29) is 23.1 Å². The highest BCUT2D eigenvalue weighted by molar-refractivity contribution is 7.99. The van der Waals surface area contributed by atoms with Gasteiger partial charge in [0, 0.05) is 39.3 Å². The largest absolute Gasteiger partial charge is 0.385 e. The van der Waals surface area contributed by atoms with Gasteiger partial charge in [-0.15, -0.1) is 5.10 Å². The number of thioether (sulfide) groups is 1. The maximum Gasteiger partial charge on any atom is 0.343 e. The minimum absolute atomic E-state index is 0.0556. The van der Waals surface area contributed by atoms with Crippen LogP contribution < -0.4 is 11.0 Å². The quantitative estimate of drug-likeness (QED) is 0.366. The van der Waals surface area contributed by atoms with Gasteiger partial charge in [-0.2, -0.15) is 0 Å². The molecule has 26 heavy (non-hydrogen) atoms. The molecular weight excluding hydrogens is 356 g/mol. The lowest BCUT2D eigenvalue weighted by atomic mass is 10.1. The van der Waals surface area contributed by atoms with E-state index in [4.69, 9.17) is 4.74 Å². The van der Waals surface area contributed by atoms with Crippen LogP contribution in [0.4, 0.5) is 0 Å². The number of Topliss-reactive ketones (excluding diaryl/α,β-unsaturated/α-hetero) is 1. The van der Waals surface area contributed by atoms with Crippen molar-refractivity contribution in [1.29, 1.82) is 0 Å². The molecule has 0 atom stereocenters. The number of carbonyl (C=O) groups is 2. The molecule has 1 heterocycles. The number of aromatic nitrogens is 3. The van der Waals surface area contributed by atoms with E-state index in [9.17, 15) is 14.4 Å². The molecule has 1 aromatic carbocycles. The van der Waals surface area contributed by atoms with E-state index in [1.165, 1.54) is 23.3 Å². The highest BCUT2D eigenvalue weighted by Gasteiger charge is 2.12. The van der Waals surface area contributed by atoms with Crippen LogP contribution in [-0.4, -0.2) is 45.9 Å². The number of benzene rings is 1. The van der Waals surface area contributed by atoms with Gasteiger partial charge in [-0.3, -0.25) is 14.2 Å². The van der Waals surface area contributed by atoms with Crippen LogP contribution in [0.5, 0.6) is 0 Å². The van der Waals surface area contributed by atoms with E-state index in [0.29, 0.717) is 36.8 Å².